The zero-order chi connectivity index (χ0) is 42.8. The Kier molecular flexibility index (Phi) is 15.4. The van der Waals surface area contributed by atoms with Gasteiger partial charge in [0.05, 0.1) is 49.8 Å². The second-order valence-electron chi connectivity index (χ2n) is 18.0. The van der Waals surface area contributed by atoms with Gasteiger partial charge in [-0.05, 0) is 77.0 Å². The van der Waals surface area contributed by atoms with Crippen LogP contribution in [0, 0.1) is 17.8 Å². The van der Waals surface area contributed by atoms with E-state index < -0.39 is 90.8 Å². The summed E-state index contributed by atoms with van der Waals surface area (Å²) < 4.78 is 62.6. The molecule has 0 aromatic heterocycles. The standard InChI is InChI=1S/C45H70O14/c1-24-16-17-44(53-22-24)21-29(6)54-43(48)33-18-27(4)38(46)42-45(33,49)32(23-52-42)13-11-12-25(2)40(26(3)14-15-28(5)59-44)57-37-20-35(51-10)41(31(8)56-37)58-36-19-34(50-9)39(47)30(7)55-36/h11-14,18,24-25,28-31,33-42,46-47,49H,15-17,19-23H2,1-10H3/b12-11+,26-14+,32-13+/t24-,25-,28-,29-,30-,31-,33+,34-,35-,36-,37-,38+,39-,40-,41-,42+,44-,45+/m0/s1. The van der Waals surface area contributed by atoms with Crippen LogP contribution < -0.4 is 0 Å². The minimum absolute atomic E-state index is 0.0318. The number of rotatable bonds is 6. The van der Waals surface area contributed by atoms with E-state index >= 15 is 0 Å². The molecule has 14 nitrogen and oxygen atoms in total. The van der Waals surface area contributed by atoms with Crippen LogP contribution in [-0.2, 0) is 52.2 Å². The van der Waals surface area contributed by atoms with E-state index in [1.807, 2.05) is 39.8 Å². The van der Waals surface area contributed by atoms with Crippen molar-refractivity contribution < 1.29 is 67.5 Å². The number of methoxy groups -OCH3 is 2. The molecule has 5 heterocycles. The van der Waals surface area contributed by atoms with Gasteiger partial charge in [-0.2, -0.15) is 0 Å². The molecular formula is C45H70O14. The summed E-state index contributed by atoms with van der Waals surface area (Å²) in [6, 6.07) is 0. The number of hydrogen-bond acceptors (Lipinski definition) is 14. The summed E-state index contributed by atoms with van der Waals surface area (Å²) >= 11 is 0. The molecule has 14 heteroatoms. The lowest BCUT2D eigenvalue weighted by atomic mass is 9.71. The SMILES string of the molecule is CO[C@H]1C[C@H](O[C@H]2[C@H](C)O[C@@H](O[C@@H]3/C(C)=C/C[C@H](C)O[C@@]4(CC[C@H](C)CO4)C[C@H](C)OC(=O)[C@H]4C=C(C)[C@@H](O)[C@H]5OC/C(=C\C=C\[C@@H]3C)[C@@]45O)C[C@@H]2OC)O[C@@H](C)[C@@H]1O. The molecule has 0 saturated carbocycles. The summed E-state index contributed by atoms with van der Waals surface area (Å²) in [5.41, 5.74) is 0.155. The first-order valence-corrected chi connectivity index (χ1v) is 21.6. The minimum atomic E-state index is -1.83. The Hall–Kier alpha value is -2.05. The molecule has 0 amide bonds. The summed E-state index contributed by atoms with van der Waals surface area (Å²) in [6.45, 7) is 16.1. The van der Waals surface area contributed by atoms with E-state index in [9.17, 15) is 20.1 Å². The molecule has 4 fully saturated rings. The molecule has 0 aromatic rings. The number of aliphatic hydroxyl groups is 3. The second-order valence-corrected chi connectivity index (χ2v) is 18.0. The Morgan fingerprint density at radius 3 is 2.27 bits per heavy atom. The van der Waals surface area contributed by atoms with E-state index in [1.54, 1.807) is 40.2 Å². The van der Waals surface area contributed by atoms with E-state index in [2.05, 4.69) is 19.9 Å². The number of hydrogen-bond donors (Lipinski definition) is 3. The third kappa shape index (κ3) is 10.3. The second kappa shape index (κ2) is 19.6. The van der Waals surface area contributed by atoms with Crippen LogP contribution >= 0.6 is 0 Å². The van der Waals surface area contributed by atoms with E-state index in [0.717, 1.165) is 12.0 Å². The fraction of sp³-hybridized carbons (Fsp3) is 0.800. The summed E-state index contributed by atoms with van der Waals surface area (Å²) in [6.07, 6.45) is 4.98. The van der Waals surface area contributed by atoms with Crippen molar-refractivity contribution in [2.24, 2.45) is 17.8 Å². The topological polar surface area (TPSA) is 170 Å². The summed E-state index contributed by atoms with van der Waals surface area (Å²) in [4.78, 5) is 14.0. The maximum absolute atomic E-state index is 14.0. The first-order valence-electron chi connectivity index (χ1n) is 21.6. The van der Waals surface area contributed by atoms with Gasteiger partial charge >= 0.3 is 5.97 Å². The number of cyclic esters (lactones) is 1. The lowest BCUT2D eigenvalue weighted by molar-refractivity contribution is -0.318. The molecule has 0 bridgehead atoms. The maximum Gasteiger partial charge on any atom is 0.316 e. The molecule has 5 aliphatic heterocycles. The van der Waals surface area contributed by atoms with Gasteiger partial charge in [0.25, 0.3) is 0 Å². The highest BCUT2D eigenvalue weighted by atomic mass is 16.7. The highest BCUT2D eigenvalue weighted by molar-refractivity contribution is 5.78. The highest BCUT2D eigenvalue weighted by Gasteiger charge is 2.59. The van der Waals surface area contributed by atoms with Crippen molar-refractivity contribution >= 4 is 5.97 Å². The van der Waals surface area contributed by atoms with Gasteiger partial charge in [-0.3, -0.25) is 4.79 Å². The molecule has 3 N–H and O–H groups in total. The van der Waals surface area contributed by atoms with E-state index in [1.165, 1.54) is 0 Å². The van der Waals surface area contributed by atoms with Gasteiger partial charge in [-0.25, -0.2) is 0 Å². The number of allylic oxidation sites excluding steroid dienone is 2. The molecule has 4 saturated heterocycles. The minimum Gasteiger partial charge on any atom is -0.462 e. The van der Waals surface area contributed by atoms with Gasteiger partial charge in [0, 0.05) is 45.8 Å². The number of aliphatic hydroxyl groups excluding tert-OH is 2. The Labute approximate surface area is 350 Å². The largest absolute Gasteiger partial charge is 0.462 e. The normalized spacial score (nSPS) is 49.0. The lowest BCUT2D eigenvalue weighted by Crippen LogP contribution is -2.57. The molecular weight excluding hydrogens is 764 g/mol. The molecule has 1 aliphatic carbocycles. The zero-order valence-corrected chi connectivity index (χ0v) is 36.6. The van der Waals surface area contributed by atoms with Crippen LogP contribution in [0.5, 0.6) is 0 Å². The van der Waals surface area contributed by atoms with Gasteiger partial charge in [0.15, 0.2) is 18.4 Å². The van der Waals surface area contributed by atoms with Crippen molar-refractivity contribution in [1.29, 1.82) is 0 Å². The van der Waals surface area contributed by atoms with Crippen LogP contribution in [0.3, 0.4) is 0 Å². The predicted octanol–water partition coefficient (Wildman–Crippen LogP) is 4.82. The molecule has 18 atom stereocenters. The Balaban J connectivity index is 1.27. The predicted molar refractivity (Wildman–Crippen MR) is 216 cm³/mol. The van der Waals surface area contributed by atoms with Crippen molar-refractivity contribution in [3.05, 3.63) is 47.1 Å². The number of esters is 1. The molecule has 334 valence electrons. The monoisotopic (exact) mass is 834 g/mol. The van der Waals surface area contributed by atoms with Crippen LogP contribution in [0.2, 0.25) is 0 Å². The first kappa shape index (κ1) is 46.5. The summed E-state index contributed by atoms with van der Waals surface area (Å²) in [5.74, 6) is -2.50. The Morgan fingerprint density at radius 1 is 0.881 bits per heavy atom. The average Bonchev–Trinajstić information content (AvgIpc) is 3.53. The van der Waals surface area contributed by atoms with Gasteiger partial charge in [0.1, 0.15) is 42.0 Å². The van der Waals surface area contributed by atoms with Crippen LogP contribution in [0.4, 0.5) is 0 Å². The van der Waals surface area contributed by atoms with Crippen molar-refractivity contribution in [3.8, 4) is 0 Å². The van der Waals surface area contributed by atoms with Gasteiger partial charge in [0.2, 0.25) is 0 Å². The van der Waals surface area contributed by atoms with Crippen LogP contribution in [0.1, 0.15) is 93.9 Å². The van der Waals surface area contributed by atoms with Crippen molar-refractivity contribution in [1.82, 2.24) is 0 Å². The van der Waals surface area contributed by atoms with Crippen molar-refractivity contribution in [2.75, 3.05) is 27.4 Å². The Morgan fingerprint density at radius 2 is 1.58 bits per heavy atom. The zero-order valence-electron chi connectivity index (χ0n) is 36.6. The quantitative estimate of drug-likeness (QED) is 0.246. The molecule has 0 aromatic carbocycles. The summed E-state index contributed by atoms with van der Waals surface area (Å²) in [7, 11) is 3.21. The van der Waals surface area contributed by atoms with Crippen LogP contribution in [0.25, 0.3) is 0 Å². The average molecular weight is 835 g/mol. The van der Waals surface area contributed by atoms with Crippen molar-refractivity contribution in [3.63, 3.8) is 0 Å². The third-order valence-electron chi connectivity index (χ3n) is 13.2. The smallest absolute Gasteiger partial charge is 0.316 e. The molecule has 59 heavy (non-hydrogen) atoms. The molecule has 6 rings (SSSR count). The van der Waals surface area contributed by atoms with Crippen LogP contribution in [0.15, 0.2) is 47.1 Å². The molecule has 0 radical (unpaired) electrons. The first-order chi connectivity index (χ1) is 28.0. The Bertz CT molecular complexity index is 1550. The lowest BCUT2D eigenvalue weighted by Gasteiger charge is -2.44. The van der Waals surface area contributed by atoms with Gasteiger partial charge < -0.3 is 62.7 Å². The van der Waals surface area contributed by atoms with E-state index in [-0.39, 0.29) is 24.7 Å². The fourth-order valence-electron chi connectivity index (χ4n) is 9.60. The van der Waals surface area contributed by atoms with Gasteiger partial charge in [-0.15, -0.1) is 0 Å². The van der Waals surface area contributed by atoms with E-state index in [4.69, 9.17) is 47.4 Å². The molecule has 1 spiro atoms. The molecule has 6 aliphatic rings. The highest BCUT2D eigenvalue weighted by Crippen LogP contribution is 2.46. The van der Waals surface area contributed by atoms with Gasteiger partial charge in [-0.1, -0.05) is 44.2 Å². The van der Waals surface area contributed by atoms with Crippen molar-refractivity contribution in [2.45, 2.75) is 185 Å². The number of carbonyl (C=O) groups excluding carboxylic acids is 1. The number of ether oxygens (including phenoxy) is 10. The van der Waals surface area contributed by atoms with E-state index in [0.29, 0.717) is 55.8 Å². The number of carbonyl (C=O) groups is 1. The summed E-state index contributed by atoms with van der Waals surface area (Å²) in [5, 5.41) is 34.0. The maximum atomic E-state index is 14.0. The van der Waals surface area contributed by atoms with Crippen LogP contribution in [-0.4, -0.2) is 140 Å². The fourth-order valence-corrected chi connectivity index (χ4v) is 9.60. The third-order valence-corrected chi connectivity index (χ3v) is 13.2. The molecule has 0 unspecified atom stereocenters.